The first-order chi connectivity index (χ1) is 16.9. The van der Waals surface area contributed by atoms with Crippen LogP contribution in [0.15, 0.2) is 12.3 Å². The fraction of sp³-hybridized carbons (Fsp3) is 0.692. The summed E-state index contributed by atoms with van der Waals surface area (Å²) in [5, 5.41) is 10.5. The molecule has 36 heavy (non-hydrogen) atoms. The van der Waals surface area contributed by atoms with E-state index in [-0.39, 0.29) is 29.7 Å². The number of ether oxygens (including phenoxy) is 2. The zero-order chi connectivity index (χ0) is 26.5. The van der Waals surface area contributed by atoms with E-state index in [1.165, 1.54) is 13.1 Å². The molecule has 0 saturated heterocycles. The van der Waals surface area contributed by atoms with Crippen molar-refractivity contribution in [2.45, 2.75) is 78.3 Å². The molecule has 3 rings (SSSR count). The highest BCUT2D eigenvalue weighted by atomic mass is 16.5. The zero-order valence-corrected chi connectivity index (χ0v) is 22.1. The maximum atomic E-state index is 13.5. The third-order valence-electron chi connectivity index (χ3n) is 6.88. The van der Waals surface area contributed by atoms with Crippen molar-refractivity contribution >= 4 is 24.1 Å². The fourth-order valence-electron chi connectivity index (χ4n) is 5.42. The number of nitrogens with two attached hydrogens (primary N) is 1. The van der Waals surface area contributed by atoms with E-state index in [9.17, 15) is 14.4 Å². The Balaban J connectivity index is 1.76. The van der Waals surface area contributed by atoms with Crippen LogP contribution in [0, 0.1) is 23.7 Å². The molecule has 10 nitrogen and oxygen atoms in total. The van der Waals surface area contributed by atoms with Gasteiger partial charge < -0.3 is 25.8 Å². The summed E-state index contributed by atoms with van der Waals surface area (Å²) in [6.45, 7) is 10.1. The van der Waals surface area contributed by atoms with Crippen molar-refractivity contribution in [1.29, 1.82) is 0 Å². The van der Waals surface area contributed by atoms with Gasteiger partial charge in [-0.25, -0.2) is 9.48 Å². The summed E-state index contributed by atoms with van der Waals surface area (Å²) in [6.07, 6.45) is 9.31. The van der Waals surface area contributed by atoms with E-state index in [4.69, 9.17) is 15.2 Å². The van der Waals surface area contributed by atoms with Crippen molar-refractivity contribution in [3.8, 4) is 5.88 Å². The Labute approximate surface area is 213 Å². The monoisotopic (exact) mass is 503 g/mol. The molecule has 2 fully saturated rings. The SMILES string of the molecule is CC(=O)NC(C)(C)C=Cn1ncc(C(=O)NC2C3CCCC2CC(COC(N)=O)C3)c1OCC(C)C. The molecule has 2 aliphatic rings. The number of rotatable bonds is 10. The lowest BCUT2D eigenvalue weighted by Gasteiger charge is -2.45. The summed E-state index contributed by atoms with van der Waals surface area (Å²) in [5.41, 5.74) is 4.94. The summed E-state index contributed by atoms with van der Waals surface area (Å²) < 4.78 is 12.6. The number of fused-ring (bicyclic) bond motifs is 2. The minimum absolute atomic E-state index is 0.0617. The minimum atomic E-state index is -0.740. The summed E-state index contributed by atoms with van der Waals surface area (Å²) in [7, 11) is 0. The molecule has 2 aliphatic carbocycles. The van der Waals surface area contributed by atoms with Gasteiger partial charge in [0.2, 0.25) is 11.8 Å². The predicted molar refractivity (Wildman–Crippen MR) is 136 cm³/mol. The number of hydrogen-bond donors (Lipinski definition) is 3. The van der Waals surface area contributed by atoms with Gasteiger partial charge in [0.1, 0.15) is 5.56 Å². The highest BCUT2D eigenvalue weighted by Gasteiger charge is 2.41. The average molecular weight is 504 g/mol. The molecule has 0 spiro atoms. The standard InChI is InChI=1S/C26H41N5O5/c1-16(2)14-35-24-21(13-28-31(24)10-9-26(4,5)30-17(3)32)23(33)29-22-19-7-6-8-20(22)12-18(11-19)15-36-25(27)34/h9-10,13,16,18-20,22H,6-8,11-12,14-15H2,1-5H3,(H2,27,34)(H,29,33)(H,30,32). The van der Waals surface area contributed by atoms with Gasteiger partial charge in [-0.1, -0.05) is 20.3 Å². The van der Waals surface area contributed by atoms with E-state index in [0.717, 1.165) is 32.1 Å². The van der Waals surface area contributed by atoms with Crippen LogP contribution in [0.2, 0.25) is 0 Å². The van der Waals surface area contributed by atoms with E-state index in [1.54, 1.807) is 10.9 Å². The van der Waals surface area contributed by atoms with Gasteiger partial charge in [-0.15, -0.1) is 0 Å². The normalized spacial score (nSPS) is 23.9. The third kappa shape index (κ3) is 7.48. The lowest BCUT2D eigenvalue weighted by atomic mass is 9.65. The molecule has 0 aromatic carbocycles. The molecule has 0 radical (unpaired) electrons. The summed E-state index contributed by atoms with van der Waals surface area (Å²) in [5.74, 6) is 1.23. The smallest absolute Gasteiger partial charge is 0.404 e. The second kappa shape index (κ2) is 11.8. The highest BCUT2D eigenvalue weighted by molar-refractivity contribution is 5.96. The number of hydrogen-bond acceptors (Lipinski definition) is 6. The van der Waals surface area contributed by atoms with Crippen LogP contribution in [0.1, 0.15) is 77.1 Å². The Hall–Kier alpha value is -3.04. The van der Waals surface area contributed by atoms with Crippen LogP contribution < -0.4 is 21.1 Å². The number of primary amides is 1. The maximum absolute atomic E-state index is 13.5. The third-order valence-corrected chi connectivity index (χ3v) is 6.88. The molecule has 2 atom stereocenters. The van der Waals surface area contributed by atoms with Gasteiger partial charge in [-0.3, -0.25) is 9.59 Å². The van der Waals surface area contributed by atoms with Crippen molar-refractivity contribution in [2.75, 3.05) is 13.2 Å². The molecule has 2 unspecified atom stereocenters. The lowest BCUT2D eigenvalue weighted by molar-refractivity contribution is -0.120. The molecule has 2 bridgehead atoms. The van der Waals surface area contributed by atoms with Crippen LogP contribution in [0.3, 0.4) is 0 Å². The minimum Gasteiger partial charge on any atom is -0.477 e. The molecule has 2 saturated carbocycles. The Morgan fingerprint density at radius 1 is 1.25 bits per heavy atom. The number of nitrogens with zero attached hydrogens (tertiary/aromatic N) is 2. The fourth-order valence-corrected chi connectivity index (χ4v) is 5.42. The summed E-state index contributed by atoms with van der Waals surface area (Å²) in [6, 6.07) is 0.0617. The zero-order valence-electron chi connectivity index (χ0n) is 22.1. The first-order valence-electron chi connectivity index (χ1n) is 12.9. The van der Waals surface area contributed by atoms with Crippen molar-refractivity contribution in [1.82, 2.24) is 20.4 Å². The summed E-state index contributed by atoms with van der Waals surface area (Å²) >= 11 is 0. The molecule has 4 N–H and O–H groups in total. The number of nitrogens with one attached hydrogen (secondary N) is 2. The van der Waals surface area contributed by atoms with Crippen LogP contribution in [0.25, 0.3) is 6.20 Å². The average Bonchev–Trinajstić information content (AvgIpc) is 3.17. The van der Waals surface area contributed by atoms with Crippen molar-refractivity contribution in [3.05, 3.63) is 17.8 Å². The molecule has 0 aliphatic heterocycles. The molecule has 200 valence electrons. The number of carbonyl (C=O) groups is 3. The van der Waals surface area contributed by atoms with Crippen LogP contribution in [-0.4, -0.2) is 52.5 Å². The van der Waals surface area contributed by atoms with Gasteiger partial charge in [0.15, 0.2) is 0 Å². The van der Waals surface area contributed by atoms with Crippen molar-refractivity contribution in [3.63, 3.8) is 0 Å². The van der Waals surface area contributed by atoms with E-state index in [2.05, 4.69) is 15.7 Å². The maximum Gasteiger partial charge on any atom is 0.404 e. The van der Waals surface area contributed by atoms with E-state index >= 15 is 0 Å². The van der Waals surface area contributed by atoms with Crippen LogP contribution in [-0.2, 0) is 9.53 Å². The highest BCUT2D eigenvalue weighted by Crippen LogP contribution is 2.43. The largest absolute Gasteiger partial charge is 0.477 e. The van der Waals surface area contributed by atoms with Gasteiger partial charge in [-0.05, 0) is 69.3 Å². The molecule has 3 amide bonds. The molecular formula is C26H41N5O5. The molecule has 1 aromatic heterocycles. The topological polar surface area (TPSA) is 138 Å². The molecule has 10 heteroatoms. The quantitative estimate of drug-likeness (QED) is 0.448. The van der Waals surface area contributed by atoms with Gasteiger partial charge in [-0.2, -0.15) is 5.10 Å². The Morgan fingerprint density at radius 3 is 2.50 bits per heavy atom. The first-order valence-corrected chi connectivity index (χ1v) is 12.9. The van der Waals surface area contributed by atoms with E-state index < -0.39 is 11.6 Å². The Bertz CT molecular complexity index is 956. The number of aromatic nitrogens is 2. The second-order valence-corrected chi connectivity index (χ2v) is 11.1. The Morgan fingerprint density at radius 2 is 1.92 bits per heavy atom. The van der Waals surface area contributed by atoms with Crippen molar-refractivity contribution in [2.24, 2.45) is 29.4 Å². The lowest BCUT2D eigenvalue weighted by Crippen LogP contribution is -2.51. The number of amides is 3. The van der Waals surface area contributed by atoms with Crippen LogP contribution >= 0.6 is 0 Å². The van der Waals surface area contributed by atoms with Gasteiger partial charge in [0.05, 0.1) is 24.9 Å². The van der Waals surface area contributed by atoms with Gasteiger partial charge in [0.25, 0.3) is 5.91 Å². The van der Waals surface area contributed by atoms with E-state index in [1.807, 2.05) is 33.8 Å². The molecule has 1 heterocycles. The van der Waals surface area contributed by atoms with Gasteiger partial charge in [0, 0.05) is 19.2 Å². The first kappa shape index (κ1) is 27.5. The number of carbonyl (C=O) groups excluding carboxylic acids is 3. The Kier molecular flexibility index (Phi) is 9.03. The second-order valence-electron chi connectivity index (χ2n) is 11.1. The molecule has 1 aromatic rings. The molecular weight excluding hydrogens is 462 g/mol. The van der Waals surface area contributed by atoms with E-state index in [0.29, 0.717) is 36.5 Å². The summed E-state index contributed by atoms with van der Waals surface area (Å²) in [4.78, 5) is 36.0. The van der Waals surface area contributed by atoms with Crippen LogP contribution in [0.5, 0.6) is 5.88 Å². The van der Waals surface area contributed by atoms with Crippen LogP contribution in [0.4, 0.5) is 4.79 Å². The predicted octanol–water partition coefficient (Wildman–Crippen LogP) is 3.32. The van der Waals surface area contributed by atoms with Gasteiger partial charge >= 0.3 is 6.09 Å². The van der Waals surface area contributed by atoms with Crippen molar-refractivity contribution < 1.29 is 23.9 Å².